The molecule has 4 N–H and O–H groups in total. The summed E-state index contributed by atoms with van der Waals surface area (Å²) in [7, 11) is 1.33. The molecule has 3 rings (SSSR count). The first kappa shape index (κ1) is 20.2. The summed E-state index contributed by atoms with van der Waals surface area (Å²) in [6, 6.07) is 4.57. The van der Waals surface area contributed by atoms with Gasteiger partial charge in [-0.15, -0.1) is 11.3 Å². The number of rotatable bonds is 6. The molecule has 2 aromatic rings. The Balaban J connectivity index is 1.76. The normalized spacial score (nSPS) is 12.8. The molecule has 28 heavy (non-hydrogen) atoms. The van der Waals surface area contributed by atoms with Crippen molar-refractivity contribution in [1.29, 1.82) is 0 Å². The second kappa shape index (κ2) is 8.62. The van der Waals surface area contributed by atoms with Crippen LogP contribution in [0.5, 0.6) is 0 Å². The fraction of sp³-hybridized carbons (Fsp3) is 0.316. The average Bonchev–Trinajstić information content (AvgIpc) is 3.03. The number of hydrogen-bond acceptors (Lipinski definition) is 6. The number of fused-ring (bicyclic) bond motifs is 1. The Morgan fingerprint density at radius 2 is 2.00 bits per heavy atom. The first-order valence-electron chi connectivity index (χ1n) is 8.76. The molecule has 7 nitrogen and oxygen atoms in total. The number of carbonyl (C=O) groups is 3. The van der Waals surface area contributed by atoms with E-state index < -0.39 is 11.9 Å². The van der Waals surface area contributed by atoms with Crippen molar-refractivity contribution in [2.24, 2.45) is 5.73 Å². The molecule has 1 aromatic carbocycles. The molecule has 0 atom stereocenters. The van der Waals surface area contributed by atoms with Crippen LogP contribution in [0.3, 0.4) is 0 Å². The summed E-state index contributed by atoms with van der Waals surface area (Å²) in [5, 5.41) is 6.56. The monoisotopic (exact) mass is 421 g/mol. The summed E-state index contributed by atoms with van der Waals surface area (Å²) in [4.78, 5) is 37.3. The van der Waals surface area contributed by atoms with Crippen molar-refractivity contribution < 1.29 is 19.1 Å². The molecular formula is C19H20ClN3O4S. The molecule has 2 amide bonds. The lowest BCUT2D eigenvalue weighted by Crippen LogP contribution is -2.24. The summed E-state index contributed by atoms with van der Waals surface area (Å²) >= 11 is 7.36. The maximum absolute atomic E-state index is 12.5. The van der Waals surface area contributed by atoms with Crippen molar-refractivity contribution >= 4 is 51.4 Å². The molecule has 1 aliphatic rings. The first-order valence-corrected chi connectivity index (χ1v) is 9.96. The minimum absolute atomic E-state index is 0.121. The summed E-state index contributed by atoms with van der Waals surface area (Å²) in [5.74, 6) is -1.44. The highest BCUT2D eigenvalue weighted by Gasteiger charge is 2.26. The van der Waals surface area contributed by atoms with Crippen molar-refractivity contribution in [3.8, 4) is 0 Å². The molecule has 0 fully saturated rings. The third kappa shape index (κ3) is 4.28. The van der Waals surface area contributed by atoms with Crippen LogP contribution in [0.2, 0.25) is 5.02 Å². The van der Waals surface area contributed by atoms with Gasteiger partial charge in [0.25, 0.3) is 5.91 Å². The number of aryl methyl sites for hydroxylation is 1. The Bertz CT molecular complexity index is 942. The minimum Gasteiger partial charge on any atom is -0.465 e. The quantitative estimate of drug-likeness (QED) is 0.620. The van der Waals surface area contributed by atoms with Crippen LogP contribution in [0.1, 0.15) is 44.0 Å². The SMILES string of the molecule is COC(=O)c1c(NC(=O)CNc2cc(Cl)ccc2C(N)=O)sc2c1CCCC2. The molecule has 1 heterocycles. The van der Waals surface area contributed by atoms with E-state index in [1.807, 2.05) is 0 Å². The molecule has 0 radical (unpaired) electrons. The van der Waals surface area contributed by atoms with Gasteiger partial charge in [0.15, 0.2) is 0 Å². The number of ether oxygens (including phenoxy) is 1. The predicted molar refractivity (Wildman–Crippen MR) is 109 cm³/mol. The highest BCUT2D eigenvalue weighted by molar-refractivity contribution is 7.17. The van der Waals surface area contributed by atoms with Gasteiger partial charge in [-0.1, -0.05) is 11.6 Å². The van der Waals surface area contributed by atoms with Crippen LogP contribution < -0.4 is 16.4 Å². The zero-order chi connectivity index (χ0) is 20.3. The summed E-state index contributed by atoms with van der Waals surface area (Å²) in [6.07, 6.45) is 3.76. The number of halogens is 1. The number of carbonyl (C=O) groups excluding carboxylic acids is 3. The first-order chi connectivity index (χ1) is 13.4. The zero-order valence-electron chi connectivity index (χ0n) is 15.3. The lowest BCUT2D eigenvalue weighted by Gasteiger charge is -2.12. The number of anilines is 2. The lowest BCUT2D eigenvalue weighted by molar-refractivity contribution is -0.114. The van der Waals surface area contributed by atoms with Crippen LogP contribution in [0.4, 0.5) is 10.7 Å². The molecule has 0 unspecified atom stereocenters. The van der Waals surface area contributed by atoms with E-state index in [4.69, 9.17) is 22.1 Å². The number of thiophene rings is 1. The van der Waals surface area contributed by atoms with Gasteiger partial charge in [-0.3, -0.25) is 9.59 Å². The third-order valence-corrected chi connectivity index (χ3v) is 5.94. The third-order valence-electron chi connectivity index (χ3n) is 4.50. The topological polar surface area (TPSA) is 111 Å². The van der Waals surface area contributed by atoms with Crippen molar-refractivity contribution in [2.45, 2.75) is 25.7 Å². The van der Waals surface area contributed by atoms with Crippen molar-refractivity contribution in [3.05, 3.63) is 44.8 Å². The molecule has 0 aliphatic heterocycles. The second-order valence-electron chi connectivity index (χ2n) is 6.36. The van der Waals surface area contributed by atoms with Gasteiger partial charge in [0.2, 0.25) is 5.91 Å². The maximum Gasteiger partial charge on any atom is 0.341 e. The molecule has 1 aromatic heterocycles. The Labute approximate surface area is 171 Å². The number of nitrogens with two attached hydrogens (primary N) is 1. The molecule has 148 valence electrons. The Morgan fingerprint density at radius 3 is 2.71 bits per heavy atom. The van der Waals surface area contributed by atoms with Crippen molar-refractivity contribution in [2.75, 3.05) is 24.3 Å². The van der Waals surface area contributed by atoms with Crippen LogP contribution in [-0.2, 0) is 22.4 Å². The van der Waals surface area contributed by atoms with Crippen LogP contribution in [0.15, 0.2) is 18.2 Å². The number of methoxy groups -OCH3 is 1. The molecule has 0 spiro atoms. The van der Waals surface area contributed by atoms with Gasteiger partial charge in [0.1, 0.15) is 5.00 Å². The van der Waals surface area contributed by atoms with Crippen LogP contribution in [0, 0.1) is 0 Å². The van der Waals surface area contributed by atoms with E-state index in [0.29, 0.717) is 21.3 Å². The molecule has 1 aliphatic carbocycles. The number of hydrogen-bond donors (Lipinski definition) is 3. The maximum atomic E-state index is 12.5. The van der Waals surface area contributed by atoms with E-state index in [1.165, 1.54) is 30.6 Å². The van der Waals surface area contributed by atoms with Gasteiger partial charge in [-0.25, -0.2) is 4.79 Å². The largest absolute Gasteiger partial charge is 0.465 e. The van der Waals surface area contributed by atoms with Gasteiger partial charge in [-0.05, 0) is 49.4 Å². The minimum atomic E-state index is -0.626. The second-order valence-corrected chi connectivity index (χ2v) is 7.90. The summed E-state index contributed by atoms with van der Waals surface area (Å²) < 4.78 is 4.90. The number of nitrogens with one attached hydrogen (secondary N) is 2. The van der Waals surface area contributed by atoms with E-state index in [2.05, 4.69) is 10.6 Å². The molecule has 9 heteroatoms. The number of benzene rings is 1. The van der Waals surface area contributed by atoms with E-state index in [9.17, 15) is 14.4 Å². The summed E-state index contributed by atoms with van der Waals surface area (Å²) in [6.45, 7) is -0.121. The molecule has 0 saturated carbocycles. The number of primary amides is 1. The summed E-state index contributed by atoms with van der Waals surface area (Å²) in [5.41, 5.74) is 7.36. The number of amides is 2. The van der Waals surface area contributed by atoms with Crippen molar-refractivity contribution in [1.82, 2.24) is 0 Å². The van der Waals surface area contributed by atoms with Gasteiger partial charge in [0, 0.05) is 15.6 Å². The fourth-order valence-electron chi connectivity index (χ4n) is 3.20. The van der Waals surface area contributed by atoms with Crippen molar-refractivity contribution in [3.63, 3.8) is 0 Å². The van der Waals surface area contributed by atoms with E-state index >= 15 is 0 Å². The fourth-order valence-corrected chi connectivity index (χ4v) is 4.66. The van der Waals surface area contributed by atoms with Crippen LogP contribution >= 0.6 is 22.9 Å². The van der Waals surface area contributed by atoms with E-state index in [0.717, 1.165) is 36.1 Å². The highest BCUT2D eigenvalue weighted by atomic mass is 35.5. The van der Waals surface area contributed by atoms with Gasteiger partial charge in [-0.2, -0.15) is 0 Å². The smallest absolute Gasteiger partial charge is 0.341 e. The molecule has 0 bridgehead atoms. The van der Waals surface area contributed by atoms with Crippen LogP contribution in [0.25, 0.3) is 0 Å². The Kier molecular flexibility index (Phi) is 6.21. The highest BCUT2D eigenvalue weighted by Crippen LogP contribution is 2.38. The standard InChI is InChI=1S/C19H20ClN3O4S/c1-27-19(26)16-12-4-2-3-5-14(12)28-18(16)23-15(24)9-22-13-8-10(20)6-7-11(13)17(21)25/h6-8,22H,2-5,9H2,1H3,(H2,21,25)(H,23,24). The number of esters is 1. The van der Waals surface area contributed by atoms with Gasteiger partial charge in [0.05, 0.1) is 24.8 Å². The van der Waals surface area contributed by atoms with E-state index in [1.54, 1.807) is 6.07 Å². The zero-order valence-corrected chi connectivity index (χ0v) is 16.8. The average molecular weight is 422 g/mol. The van der Waals surface area contributed by atoms with Gasteiger partial charge >= 0.3 is 5.97 Å². The molecule has 0 saturated heterocycles. The predicted octanol–water partition coefficient (Wildman–Crippen LogP) is 3.22. The Morgan fingerprint density at radius 1 is 1.25 bits per heavy atom. The lowest BCUT2D eigenvalue weighted by atomic mass is 9.95. The Hall–Kier alpha value is -2.58. The van der Waals surface area contributed by atoms with Crippen LogP contribution in [-0.4, -0.2) is 31.4 Å². The van der Waals surface area contributed by atoms with Gasteiger partial charge < -0.3 is 21.1 Å². The van der Waals surface area contributed by atoms with E-state index in [-0.39, 0.29) is 18.0 Å². The molecular weight excluding hydrogens is 402 g/mol.